The third kappa shape index (κ3) is 4.57. The second-order valence-electron chi connectivity index (χ2n) is 5.80. The van der Waals surface area contributed by atoms with Gasteiger partial charge in [-0.15, -0.1) is 0 Å². The normalized spacial score (nSPS) is 34.8. The van der Waals surface area contributed by atoms with Gasteiger partial charge in [-0.05, 0) is 51.6 Å². The highest BCUT2D eigenvalue weighted by Crippen LogP contribution is 2.17. The Bertz CT molecular complexity index is 202. The van der Waals surface area contributed by atoms with Gasteiger partial charge in [0.05, 0.1) is 0 Å². The minimum atomic E-state index is 0.391. The van der Waals surface area contributed by atoms with Crippen molar-refractivity contribution < 1.29 is 0 Å². The predicted molar refractivity (Wildman–Crippen MR) is 73.1 cm³/mol. The molecule has 3 heteroatoms. The van der Waals surface area contributed by atoms with Crippen LogP contribution in [0, 0.1) is 0 Å². The SMILES string of the molecule is NC1CCCCCC1NCCCC1CCCN1. The molecule has 100 valence electrons. The zero-order chi connectivity index (χ0) is 11.9. The van der Waals surface area contributed by atoms with Crippen molar-refractivity contribution in [2.24, 2.45) is 5.73 Å². The Hall–Kier alpha value is -0.120. The summed E-state index contributed by atoms with van der Waals surface area (Å²) in [6, 6.07) is 1.76. The Morgan fingerprint density at radius 1 is 1.06 bits per heavy atom. The van der Waals surface area contributed by atoms with Crippen LogP contribution in [0.1, 0.15) is 57.8 Å². The summed E-state index contributed by atoms with van der Waals surface area (Å²) in [5.74, 6) is 0. The molecule has 3 nitrogen and oxygen atoms in total. The van der Waals surface area contributed by atoms with Gasteiger partial charge in [-0.1, -0.05) is 19.3 Å². The van der Waals surface area contributed by atoms with Gasteiger partial charge < -0.3 is 16.4 Å². The van der Waals surface area contributed by atoms with E-state index < -0.39 is 0 Å². The molecule has 1 aliphatic heterocycles. The smallest absolute Gasteiger partial charge is 0.0219 e. The predicted octanol–water partition coefficient (Wildman–Crippen LogP) is 1.77. The molecular formula is C14H29N3. The molecule has 0 aromatic carbocycles. The van der Waals surface area contributed by atoms with Crippen LogP contribution in [0.4, 0.5) is 0 Å². The molecule has 2 fully saturated rings. The lowest BCUT2D eigenvalue weighted by Gasteiger charge is -2.23. The molecule has 0 aromatic heterocycles. The lowest BCUT2D eigenvalue weighted by Crippen LogP contribution is -2.44. The monoisotopic (exact) mass is 239 g/mol. The van der Waals surface area contributed by atoms with E-state index >= 15 is 0 Å². The number of nitrogens with two attached hydrogens (primary N) is 1. The summed E-state index contributed by atoms with van der Waals surface area (Å²) in [7, 11) is 0. The molecule has 2 rings (SSSR count). The van der Waals surface area contributed by atoms with Crippen molar-refractivity contribution in [1.82, 2.24) is 10.6 Å². The first-order valence-electron chi connectivity index (χ1n) is 7.58. The second kappa shape index (κ2) is 7.34. The molecule has 1 aliphatic carbocycles. The summed E-state index contributed by atoms with van der Waals surface area (Å²) < 4.78 is 0. The van der Waals surface area contributed by atoms with Crippen molar-refractivity contribution in [2.75, 3.05) is 13.1 Å². The molecule has 1 heterocycles. The maximum Gasteiger partial charge on any atom is 0.0219 e. The molecular weight excluding hydrogens is 210 g/mol. The highest BCUT2D eigenvalue weighted by Gasteiger charge is 2.19. The molecule has 1 saturated carbocycles. The number of hydrogen-bond donors (Lipinski definition) is 3. The average molecular weight is 239 g/mol. The van der Waals surface area contributed by atoms with Crippen molar-refractivity contribution in [3.8, 4) is 0 Å². The Morgan fingerprint density at radius 3 is 2.76 bits per heavy atom. The van der Waals surface area contributed by atoms with Gasteiger partial charge in [0.15, 0.2) is 0 Å². The average Bonchev–Trinajstić information content (AvgIpc) is 2.76. The maximum atomic E-state index is 6.21. The van der Waals surface area contributed by atoms with Crippen LogP contribution in [-0.4, -0.2) is 31.2 Å². The zero-order valence-corrected chi connectivity index (χ0v) is 11.1. The molecule has 0 spiro atoms. The molecule has 1 saturated heterocycles. The van der Waals surface area contributed by atoms with Crippen LogP contribution in [0.5, 0.6) is 0 Å². The molecule has 0 amide bonds. The third-order valence-corrected chi connectivity index (χ3v) is 4.37. The van der Waals surface area contributed by atoms with Crippen LogP contribution in [0.2, 0.25) is 0 Å². The number of hydrogen-bond acceptors (Lipinski definition) is 3. The van der Waals surface area contributed by atoms with Crippen LogP contribution in [0.25, 0.3) is 0 Å². The van der Waals surface area contributed by atoms with Gasteiger partial charge in [-0.2, -0.15) is 0 Å². The topological polar surface area (TPSA) is 50.1 Å². The lowest BCUT2D eigenvalue weighted by atomic mass is 10.0. The Kier molecular flexibility index (Phi) is 5.75. The lowest BCUT2D eigenvalue weighted by molar-refractivity contribution is 0.397. The van der Waals surface area contributed by atoms with E-state index in [4.69, 9.17) is 5.73 Å². The minimum absolute atomic E-state index is 0.391. The van der Waals surface area contributed by atoms with Gasteiger partial charge in [0.2, 0.25) is 0 Å². The van der Waals surface area contributed by atoms with Gasteiger partial charge in [-0.3, -0.25) is 0 Å². The summed E-state index contributed by atoms with van der Waals surface area (Å²) in [5, 5.41) is 7.24. The van der Waals surface area contributed by atoms with E-state index in [0.717, 1.165) is 12.6 Å². The largest absolute Gasteiger partial charge is 0.326 e. The van der Waals surface area contributed by atoms with Crippen molar-refractivity contribution in [3.05, 3.63) is 0 Å². The Labute approximate surface area is 106 Å². The molecule has 0 aromatic rings. The Balaban J connectivity index is 1.56. The summed E-state index contributed by atoms with van der Waals surface area (Å²) in [4.78, 5) is 0. The van der Waals surface area contributed by atoms with Crippen LogP contribution in [0.3, 0.4) is 0 Å². The molecule has 4 N–H and O–H groups in total. The van der Waals surface area contributed by atoms with Gasteiger partial charge in [-0.25, -0.2) is 0 Å². The molecule has 17 heavy (non-hydrogen) atoms. The van der Waals surface area contributed by atoms with Gasteiger partial charge in [0, 0.05) is 18.1 Å². The molecule has 2 aliphatic rings. The van der Waals surface area contributed by atoms with Crippen molar-refractivity contribution in [3.63, 3.8) is 0 Å². The second-order valence-corrected chi connectivity index (χ2v) is 5.80. The van der Waals surface area contributed by atoms with Crippen LogP contribution >= 0.6 is 0 Å². The van der Waals surface area contributed by atoms with Crippen molar-refractivity contribution in [2.45, 2.75) is 75.9 Å². The first-order chi connectivity index (χ1) is 8.36. The van der Waals surface area contributed by atoms with Crippen LogP contribution in [0.15, 0.2) is 0 Å². The quantitative estimate of drug-likeness (QED) is 0.506. The first kappa shape index (κ1) is 13.3. The van der Waals surface area contributed by atoms with E-state index in [2.05, 4.69) is 10.6 Å². The maximum absolute atomic E-state index is 6.21. The fraction of sp³-hybridized carbons (Fsp3) is 1.00. The molecule has 0 radical (unpaired) electrons. The summed E-state index contributed by atoms with van der Waals surface area (Å²) in [6.07, 6.45) is 11.9. The minimum Gasteiger partial charge on any atom is -0.326 e. The highest BCUT2D eigenvalue weighted by molar-refractivity contribution is 4.82. The third-order valence-electron chi connectivity index (χ3n) is 4.37. The zero-order valence-electron chi connectivity index (χ0n) is 11.1. The van der Waals surface area contributed by atoms with Crippen LogP contribution in [-0.2, 0) is 0 Å². The van der Waals surface area contributed by atoms with E-state index in [1.807, 2.05) is 0 Å². The fourth-order valence-electron chi connectivity index (χ4n) is 3.23. The fourth-order valence-corrected chi connectivity index (χ4v) is 3.23. The standard InChI is InChI=1S/C14H29N3/c15-13-8-2-1-3-9-14(13)17-11-5-7-12-6-4-10-16-12/h12-14,16-17H,1-11,15H2. The van der Waals surface area contributed by atoms with E-state index in [1.165, 1.54) is 64.3 Å². The highest BCUT2D eigenvalue weighted by atomic mass is 15.0. The van der Waals surface area contributed by atoms with E-state index in [0.29, 0.717) is 12.1 Å². The summed E-state index contributed by atoms with van der Waals surface area (Å²) in [5.41, 5.74) is 6.21. The Morgan fingerprint density at radius 2 is 1.94 bits per heavy atom. The van der Waals surface area contributed by atoms with E-state index in [9.17, 15) is 0 Å². The first-order valence-corrected chi connectivity index (χ1v) is 7.58. The van der Waals surface area contributed by atoms with E-state index in [1.54, 1.807) is 0 Å². The molecule has 0 bridgehead atoms. The molecule has 3 unspecified atom stereocenters. The number of rotatable bonds is 5. The van der Waals surface area contributed by atoms with Gasteiger partial charge >= 0.3 is 0 Å². The van der Waals surface area contributed by atoms with Crippen molar-refractivity contribution >= 4 is 0 Å². The number of nitrogens with one attached hydrogen (secondary N) is 2. The van der Waals surface area contributed by atoms with Gasteiger partial charge in [0.1, 0.15) is 0 Å². The van der Waals surface area contributed by atoms with Gasteiger partial charge in [0.25, 0.3) is 0 Å². The summed E-state index contributed by atoms with van der Waals surface area (Å²) in [6.45, 7) is 2.38. The van der Waals surface area contributed by atoms with E-state index in [-0.39, 0.29) is 0 Å². The summed E-state index contributed by atoms with van der Waals surface area (Å²) >= 11 is 0. The van der Waals surface area contributed by atoms with Crippen LogP contribution < -0.4 is 16.4 Å². The molecule has 3 atom stereocenters. The van der Waals surface area contributed by atoms with Crippen molar-refractivity contribution in [1.29, 1.82) is 0 Å².